The smallest absolute Gasteiger partial charge is 0.338 e. The van der Waals surface area contributed by atoms with Crippen LogP contribution in [0.25, 0.3) is 0 Å². The van der Waals surface area contributed by atoms with Crippen LogP contribution in [0.4, 0.5) is 10.5 Å². The largest absolute Gasteiger partial charge is 0.467 e. The van der Waals surface area contributed by atoms with Gasteiger partial charge < -0.3 is 24.5 Å². The first-order valence-electron chi connectivity index (χ1n) is 11.0. The van der Waals surface area contributed by atoms with E-state index >= 15 is 0 Å². The van der Waals surface area contributed by atoms with Crippen LogP contribution >= 0.6 is 0 Å². The number of fused-ring (bicyclic) bond motifs is 1. The molecule has 0 radical (unpaired) electrons. The van der Waals surface area contributed by atoms with Crippen molar-refractivity contribution in [3.63, 3.8) is 0 Å². The SMILES string of the molecule is CCOC(=O)C1=C(COC(=O)CCN2C(=O)c3cccc([N+](=O)[O-])c3C2=O)NC(=O)N[C@@H]1c1ccco1. The molecule has 0 bridgehead atoms. The molecule has 37 heavy (non-hydrogen) atoms. The first-order chi connectivity index (χ1) is 17.7. The molecule has 14 heteroatoms. The van der Waals surface area contributed by atoms with Gasteiger partial charge in [-0.1, -0.05) is 6.07 Å². The second-order valence-electron chi connectivity index (χ2n) is 7.79. The molecule has 0 saturated heterocycles. The summed E-state index contributed by atoms with van der Waals surface area (Å²) in [6.45, 7) is 0.732. The highest BCUT2D eigenvalue weighted by Crippen LogP contribution is 2.31. The second kappa shape index (κ2) is 10.3. The number of carbonyl (C=O) groups excluding carboxylic acids is 5. The molecule has 0 unspecified atom stereocenters. The average Bonchev–Trinajstić information content (AvgIpc) is 3.48. The minimum Gasteiger partial charge on any atom is -0.467 e. The maximum atomic E-state index is 12.6. The number of nitro groups is 1. The number of nitrogens with one attached hydrogen (secondary N) is 2. The first-order valence-corrected chi connectivity index (χ1v) is 11.0. The van der Waals surface area contributed by atoms with Crippen molar-refractivity contribution < 1.29 is 42.8 Å². The Kier molecular flexibility index (Phi) is 6.99. The number of nitro benzene ring substituents is 1. The van der Waals surface area contributed by atoms with E-state index in [0.717, 1.165) is 11.0 Å². The highest BCUT2D eigenvalue weighted by molar-refractivity contribution is 6.23. The third-order valence-corrected chi connectivity index (χ3v) is 5.57. The Hall–Kier alpha value is -5.01. The summed E-state index contributed by atoms with van der Waals surface area (Å²) in [6.07, 6.45) is 0.926. The lowest BCUT2D eigenvalue weighted by Gasteiger charge is -2.27. The monoisotopic (exact) mass is 512 g/mol. The number of benzene rings is 1. The highest BCUT2D eigenvalue weighted by atomic mass is 16.6. The van der Waals surface area contributed by atoms with Gasteiger partial charge in [0.05, 0.1) is 41.0 Å². The van der Waals surface area contributed by atoms with Crippen LogP contribution in [-0.2, 0) is 19.1 Å². The normalized spacial score (nSPS) is 16.7. The molecule has 1 aromatic carbocycles. The van der Waals surface area contributed by atoms with Crippen LogP contribution in [-0.4, -0.2) is 59.4 Å². The van der Waals surface area contributed by atoms with Crippen molar-refractivity contribution in [2.24, 2.45) is 0 Å². The Bertz CT molecular complexity index is 1330. The Morgan fingerprint density at radius 2 is 1.92 bits per heavy atom. The molecular formula is C23H20N4O10. The standard InChI is InChI=1S/C23H20N4O10/c1-2-35-22(31)18-13(24-23(32)25-19(18)15-7-4-10-36-15)11-37-16(28)8-9-26-20(29)12-5-3-6-14(27(33)34)17(12)21(26)30/h3-7,10,19H,2,8-9,11H2,1H3,(H2,24,25,32)/t19-/m1/s1. The number of nitrogens with zero attached hydrogens (tertiary/aromatic N) is 2. The summed E-state index contributed by atoms with van der Waals surface area (Å²) >= 11 is 0. The number of amides is 4. The molecule has 0 fully saturated rings. The molecule has 14 nitrogen and oxygen atoms in total. The molecule has 3 heterocycles. The molecule has 1 atom stereocenters. The summed E-state index contributed by atoms with van der Waals surface area (Å²) in [7, 11) is 0. The average molecular weight is 512 g/mol. The Balaban J connectivity index is 1.46. The topological polar surface area (TPSA) is 187 Å². The minimum absolute atomic E-state index is 0.0307. The van der Waals surface area contributed by atoms with Crippen LogP contribution in [0.5, 0.6) is 0 Å². The van der Waals surface area contributed by atoms with E-state index < -0.39 is 66.0 Å². The predicted octanol–water partition coefficient (Wildman–Crippen LogP) is 1.59. The number of furan rings is 1. The number of imide groups is 1. The summed E-state index contributed by atoms with van der Waals surface area (Å²) < 4.78 is 15.6. The molecule has 2 aliphatic rings. The molecule has 4 amide bonds. The molecule has 1 aromatic heterocycles. The Morgan fingerprint density at radius 1 is 1.14 bits per heavy atom. The maximum absolute atomic E-state index is 12.6. The number of hydrogen-bond acceptors (Lipinski definition) is 10. The zero-order chi connectivity index (χ0) is 26.7. The summed E-state index contributed by atoms with van der Waals surface area (Å²) in [5.74, 6) is -3.03. The van der Waals surface area contributed by atoms with Gasteiger partial charge in [0.1, 0.15) is 24.0 Å². The maximum Gasteiger partial charge on any atom is 0.338 e. The van der Waals surface area contributed by atoms with Crippen LogP contribution in [0.2, 0.25) is 0 Å². The van der Waals surface area contributed by atoms with E-state index in [1.54, 1.807) is 19.1 Å². The molecule has 0 saturated carbocycles. The van der Waals surface area contributed by atoms with E-state index in [1.807, 2.05) is 0 Å². The van der Waals surface area contributed by atoms with Gasteiger partial charge in [-0.25, -0.2) is 9.59 Å². The number of urea groups is 1. The molecule has 2 aliphatic heterocycles. The van der Waals surface area contributed by atoms with Crippen molar-refractivity contribution in [1.82, 2.24) is 15.5 Å². The van der Waals surface area contributed by atoms with Gasteiger partial charge in [-0.3, -0.25) is 29.4 Å². The van der Waals surface area contributed by atoms with Gasteiger partial charge in [-0.05, 0) is 25.1 Å². The van der Waals surface area contributed by atoms with Gasteiger partial charge in [0.25, 0.3) is 17.5 Å². The van der Waals surface area contributed by atoms with E-state index in [9.17, 15) is 34.1 Å². The van der Waals surface area contributed by atoms with Gasteiger partial charge in [0.15, 0.2) is 0 Å². The van der Waals surface area contributed by atoms with Crippen molar-refractivity contribution >= 4 is 35.5 Å². The molecule has 192 valence electrons. The Morgan fingerprint density at radius 3 is 2.59 bits per heavy atom. The van der Waals surface area contributed by atoms with Crippen molar-refractivity contribution in [3.8, 4) is 0 Å². The van der Waals surface area contributed by atoms with Crippen LogP contribution < -0.4 is 10.6 Å². The molecule has 2 aromatic rings. The van der Waals surface area contributed by atoms with E-state index in [1.165, 1.54) is 18.4 Å². The van der Waals surface area contributed by atoms with Crippen LogP contribution in [0.15, 0.2) is 52.3 Å². The van der Waals surface area contributed by atoms with Crippen molar-refractivity contribution in [3.05, 3.63) is 74.9 Å². The summed E-state index contributed by atoms with van der Waals surface area (Å²) in [5, 5.41) is 16.2. The van der Waals surface area contributed by atoms with Crippen molar-refractivity contribution in [2.75, 3.05) is 19.8 Å². The van der Waals surface area contributed by atoms with Crippen LogP contribution in [0.3, 0.4) is 0 Å². The van der Waals surface area contributed by atoms with Crippen LogP contribution in [0.1, 0.15) is 45.9 Å². The third kappa shape index (κ3) is 4.89. The van der Waals surface area contributed by atoms with E-state index in [4.69, 9.17) is 13.9 Å². The lowest BCUT2D eigenvalue weighted by molar-refractivity contribution is -0.385. The zero-order valence-corrected chi connectivity index (χ0v) is 19.3. The quantitative estimate of drug-likeness (QED) is 0.216. The first kappa shape index (κ1) is 25.1. The molecule has 0 aliphatic carbocycles. The predicted molar refractivity (Wildman–Crippen MR) is 121 cm³/mol. The lowest BCUT2D eigenvalue weighted by atomic mass is 10.0. The molecule has 0 spiro atoms. The van der Waals surface area contributed by atoms with Crippen molar-refractivity contribution in [1.29, 1.82) is 0 Å². The van der Waals surface area contributed by atoms with Gasteiger partial charge >= 0.3 is 18.0 Å². The summed E-state index contributed by atoms with van der Waals surface area (Å²) in [6, 6.07) is 5.14. The molecule has 2 N–H and O–H groups in total. The lowest BCUT2D eigenvalue weighted by Crippen LogP contribution is -2.47. The van der Waals surface area contributed by atoms with E-state index in [2.05, 4.69) is 10.6 Å². The fourth-order valence-corrected chi connectivity index (χ4v) is 3.95. The zero-order valence-electron chi connectivity index (χ0n) is 19.3. The van der Waals surface area contributed by atoms with E-state index in [0.29, 0.717) is 0 Å². The highest BCUT2D eigenvalue weighted by Gasteiger charge is 2.41. The summed E-state index contributed by atoms with van der Waals surface area (Å²) in [5.41, 5.74) is -1.04. The van der Waals surface area contributed by atoms with Gasteiger partial charge in [-0.15, -0.1) is 0 Å². The number of hydrogen-bond donors (Lipinski definition) is 2. The van der Waals surface area contributed by atoms with Gasteiger partial charge in [0, 0.05) is 12.6 Å². The molecule has 4 rings (SSSR count). The Labute approximate surface area is 208 Å². The number of carbonyl (C=O) groups is 5. The summed E-state index contributed by atoms with van der Waals surface area (Å²) in [4.78, 5) is 73.7. The van der Waals surface area contributed by atoms with E-state index in [-0.39, 0.29) is 34.8 Å². The van der Waals surface area contributed by atoms with Crippen molar-refractivity contribution in [2.45, 2.75) is 19.4 Å². The fourth-order valence-electron chi connectivity index (χ4n) is 3.95. The van der Waals surface area contributed by atoms with Gasteiger partial charge in [0.2, 0.25) is 0 Å². The number of rotatable bonds is 9. The van der Waals surface area contributed by atoms with Crippen LogP contribution in [0, 0.1) is 10.1 Å². The third-order valence-electron chi connectivity index (χ3n) is 5.57. The molecular weight excluding hydrogens is 492 g/mol. The second-order valence-corrected chi connectivity index (χ2v) is 7.79. The van der Waals surface area contributed by atoms with Gasteiger partial charge in [-0.2, -0.15) is 0 Å². The number of ether oxygens (including phenoxy) is 2. The minimum atomic E-state index is -0.995. The fraction of sp³-hybridized carbons (Fsp3) is 0.261. The number of esters is 2.